The lowest BCUT2D eigenvalue weighted by atomic mass is 10.2. The van der Waals surface area contributed by atoms with Crippen molar-refractivity contribution >= 4 is 22.7 Å². The van der Waals surface area contributed by atoms with Crippen molar-refractivity contribution in [3.63, 3.8) is 0 Å². The third kappa shape index (κ3) is 3.58. The Bertz CT molecular complexity index is 808. The molecule has 3 aromatic rings. The van der Waals surface area contributed by atoms with Crippen molar-refractivity contribution in [3.05, 3.63) is 65.9 Å². The van der Waals surface area contributed by atoms with Crippen molar-refractivity contribution in [2.45, 2.75) is 19.6 Å². The summed E-state index contributed by atoms with van der Waals surface area (Å²) in [5.41, 5.74) is 2.46. The molecule has 1 aromatic heterocycles. The number of amides is 2. The minimum atomic E-state index is -0.286. The minimum absolute atomic E-state index is 0.244. The lowest BCUT2D eigenvalue weighted by molar-refractivity contribution is 0.185. The lowest BCUT2D eigenvalue weighted by Crippen LogP contribution is -2.31. The molecule has 5 heteroatoms. The normalized spacial score (nSPS) is 12.1. The van der Waals surface area contributed by atoms with Crippen LogP contribution < -0.4 is 10.6 Å². The third-order valence-electron chi connectivity index (χ3n) is 3.78. The molecule has 0 radical (unpaired) electrons. The van der Waals surface area contributed by atoms with Crippen molar-refractivity contribution in [2.75, 3.05) is 12.4 Å². The largest absolute Gasteiger partial charge is 0.459 e. The molecular weight excluding hydrogens is 304 g/mol. The van der Waals surface area contributed by atoms with E-state index in [0.717, 1.165) is 28.0 Å². The number of furan rings is 1. The lowest BCUT2D eigenvalue weighted by Gasteiger charge is -2.14. The van der Waals surface area contributed by atoms with Crippen LogP contribution in [0, 0.1) is 0 Å². The van der Waals surface area contributed by atoms with Gasteiger partial charge in [-0.05, 0) is 25.1 Å². The minimum Gasteiger partial charge on any atom is -0.459 e. The molecule has 24 heavy (non-hydrogen) atoms. The van der Waals surface area contributed by atoms with Crippen LogP contribution in [0.15, 0.2) is 59.0 Å². The summed E-state index contributed by atoms with van der Waals surface area (Å²) < 4.78 is 10.9. The summed E-state index contributed by atoms with van der Waals surface area (Å²) in [6.07, 6.45) is 0. The average Bonchev–Trinajstić information content (AvgIpc) is 3.01. The van der Waals surface area contributed by atoms with Gasteiger partial charge >= 0.3 is 6.03 Å². The molecule has 0 bridgehead atoms. The van der Waals surface area contributed by atoms with E-state index < -0.39 is 0 Å². The number of ether oxygens (including phenoxy) is 1. The second-order valence-electron chi connectivity index (χ2n) is 5.60. The zero-order chi connectivity index (χ0) is 16.9. The molecular formula is C19H20N2O3. The van der Waals surface area contributed by atoms with Gasteiger partial charge in [-0.25, -0.2) is 4.79 Å². The number of hydrogen-bond donors (Lipinski definition) is 2. The second kappa shape index (κ2) is 7.19. The average molecular weight is 324 g/mol. The summed E-state index contributed by atoms with van der Waals surface area (Å²) in [6, 6.07) is 16.7. The Labute approximate surface area is 140 Å². The number of urea groups is 1. The van der Waals surface area contributed by atoms with Gasteiger partial charge in [-0.2, -0.15) is 0 Å². The quantitative estimate of drug-likeness (QED) is 0.728. The van der Waals surface area contributed by atoms with E-state index in [0.29, 0.717) is 6.61 Å². The number of carbonyl (C=O) groups excluding carboxylic acids is 1. The van der Waals surface area contributed by atoms with E-state index in [4.69, 9.17) is 9.15 Å². The van der Waals surface area contributed by atoms with Gasteiger partial charge in [-0.15, -0.1) is 0 Å². The van der Waals surface area contributed by atoms with Crippen LogP contribution in [0.25, 0.3) is 11.0 Å². The van der Waals surface area contributed by atoms with Gasteiger partial charge in [0.25, 0.3) is 0 Å². The molecule has 0 aliphatic carbocycles. The molecule has 0 fully saturated rings. The Morgan fingerprint density at radius 1 is 1.17 bits per heavy atom. The van der Waals surface area contributed by atoms with Crippen LogP contribution in [0.3, 0.4) is 0 Å². The fourth-order valence-electron chi connectivity index (χ4n) is 2.57. The molecule has 3 rings (SSSR count). The molecule has 0 spiro atoms. The van der Waals surface area contributed by atoms with Gasteiger partial charge in [0.1, 0.15) is 11.3 Å². The Morgan fingerprint density at radius 3 is 2.71 bits per heavy atom. The second-order valence-corrected chi connectivity index (χ2v) is 5.60. The first-order chi connectivity index (χ1) is 11.7. The zero-order valence-corrected chi connectivity index (χ0v) is 13.7. The molecule has 0 saturated carbocycles. The molecule has 0 aliphatic rings. The fraction of sp³-hybridized carbons (Fsp3) is 0.211. The summed E-state index contributed by atoms with van der Waals surface area (Å²) in [7, 11) is 1.63. The van der Waals surface area contributed by atoms with Gasteiger partial charge < -0.3 is 19.8 Å². The highest BCUT2D eigenvalue weighted by Crippen LogP contribution is 2.23. The Morgan fingerprint density at radius 2 is 1.92 bits per heavy atom. The van der Waals surface area contributed by atoms with Crippen molar-refractivity contribution in [1.29, 1.82) is 0 Å². The first kappa shape index (κ1) is 16.1. The highest BCUT2D eigenvalue weighted by molar-refractivity contribution is 5.90. The Balaban J connectivity index is 1.68. The fourth-order valence-corrected chi connectivity index (χ4v) is 2.57. The van der Waals surface area contributed by atoms with E-state index in [1.807, 2.05) is 61.5 Å². The van der Waals surface area contributed by atoms with Gasteiger partial charge in [-0.1, -0.05) is 36.4 Å². The maximum absolute atomic E-state index is 12.3. The van der Waals surface area contributed by atoms with Crippen LogP contribution in [0.5, 0.6) is 0 Å². The van der Waals surface area contributed by atoms with Crippen LogP contribution >= 0.6 is 0 Å². The van der Waals surface area contributed by atoms with Crippen LogP contribution in [-0.2, 0) is 11.3 Å². The van der Waals surface area contributed by atoms with Gasteiger partial charge in [0.05, 0.1) is 12.6 Å². The SMILES string of the molecule is COCc1ccccc1NC(=O)NC(C)c1cc2ccccc2o1. The predicted molar refractivity (Wildman–Crippen MR) is 93.9 cm³/mol. The summed E-state index contributed by atoms with van der Waals surface area (Å²) in [5, 5.41) is 6.77. The van der Waals surface area contributed by atoms with Gasteiger partial charge in [0.2, 0.25) is 0 Å². The number of anilines is 1. The maximum Gasteiger partial charge on any atom is 0.319 e. The van der Waals surface area contributed by atoms with E-state index in [1.165, 1.54) is 0 Å². The summed E-state index contributed by atoms with van der Waals surface area (Å²) >= 11 is 0. The van der Waals surface area contributed by atoms with E-state index in [2.05, 4.69) is 10.6 Å². The molecule has 2 amide bonds. The number of rotatable bonds is 5. The van der Waals surface area contributed by atoms with Crippen molar-refractivity contribution in [1.82, 2.24) is 5.32 Å². The third-order valence-corrected chi connectivity index (χ3v) is 3.78. The first-order valence-corrected chi connectivity index (χ1v) is 7.80. The molecule has 1 atom stereocenters. The highest BCUT2D eigenvalue weighted by atomic mass is 16.5. The molecule has 1 unspecified atom stereocenters. The van der Waals surface area contributed by atoms with Gasteiger partial charge in [0, 0.05) is 23.7 Å². The first-order valence-electron chi connectivity index (χ1n) is 7.80. The van der Waals surface area contributed by atoms with Crippen molar-refractivity contribution in [2.24, 2.45) is 0 Å². The smallest absolute Gasteiger partial charge is 0.319 e. The zero-order valence-electron chi connectivity index (χ0n) is 13.7. The highest BCUT2D eigenvalue weighted by Gasteiger charge is 2.15. The molecule has 2 aromatic carbocycles. The molecule has 0 saturated heterocycles. The van der Waals surface area contributed by atoms with Crippen molar-refractivity contribution in [3.8, 4) is 0 Å². The number of hydrogen-bond acceptors (Lipinski definition) is 3. The Kier molecular flexibility index (Phi) is 4.82. The van der Waals surface area contributed by atoms with Crippen LogP contribution in [0.4, 0.5) is 10.5 Å². The van der Waals surface area contributed by atoms with Crippen molar-refractivity contribution < 1.29 is 13.9 Å². The van der Waals surface area contributed by atoms with Crippen LogP contribution in [0.1, 0.15) is 24.3 Å². The maximum atomic E-state index is 12.3. The number of carbonyl (C=O) groups is 1. The summed E-state index contributed by atoms with van der Waals surface area (Å²) in [5.74, 6) is 0.719. The molecule has 1 heterocycles. The number of para-hydroxylation sites is 2. The van der Waals surface area contributed by atoms with E-state index >= 15 is 0 Å². The topological polar surface area (TPSA) is 63.5 Å². The summed E-state index contributed by atoms with van der Waals surface area (Å²) in [6.45, 7) is 2.33. The molecule has 124 valence electrons. The number of nitrogens with one attached hydrogen (secondary N) is 2. The van der Waals surface area contributed by atoms with E-state index in [1.54, 1.807) is 7.11 Å². The standard InChI is InChI=1S/C19H20N2O3/c1-13(18-11-14-7-4-6-10-17(14)24-18)20-19(22)21-16-9-5-3-8-15(16)12-23-2/h3-11,13H,12H2,1-2H3,(H2,20,21,22). The Hall–Kier alpha value is -2.79. The molecule has 2 N–H and O–H groups in total. The van der Waals surface area contributed by atoms with Gasteiger partial charge in [0.15, 0.2) is 0 Å². The molecule has 0 aliphatic heterocycles. The number of methoxy groups -OCH3 is 1. The monoisotopic (exact) mass is 324 g/mol. The van der Waals surface area contributed by atoms with Crippen LogP contribution in [-0.4, -0.2) is 13.1 Å². The number of fused-ring (bicyclic) bond motifs is 1. The van der Waals surface area contributed by atoms with E-state index in [-0.39, 0.29) is 12.1 Å². The summed E-state index contributed by atoms with van der Waals surface area (Å²) in [4.78, 5) is 12.3. The predicted octanol–water partition coefficient (Wildman–Crippen LogP) is 4.46. The van der Waals surface area contributed by atoms with Crippen LogP contribution in [0.2, 0.25) is 0 Å². The molecule has 5 nitrogen and oxygen atoms in total. The van der Waals surface area contributed by atoms with Gasteiger partial charge in [-0.3, -0.25) is 0 Å². The van der Waals surface area contributed by atoms with E-state index in [9.17, 15) is 4.79 Å². The number of benzene rings is 2.